The number of aromatic nitrogens is 1. The summed E-state index contributed by atoms with van der Waals surface area (Å²) in [6, 6.07) is 7.35. The summed E-state index contributed by atoms with van der Waals surface area (Å²) in [4.78, 5) is 15.3. The van der Waals surface area contributed by atoms with Gasteiger partial charge in [-0.3, -0.25) is 0 Å². The Bertz CT molecular complexity index is 613. The Kier molecular flexibility index (Phi) is 3.75. The first-order valence-corrected chi connectivity index (χ1v) is 5.58. The Balaban J connectivity index is 2.23. The monoisotopic (exact) mass is 261 g/mol. The van der Waals surface area contributed by atoms with Crippen molar-refractivity contribution in [3.05, 3.63) is 53.5 Å². The van der Waals surface area contributed by atoms with Crippen LogP contribution in [0.3, 0.4) is 0 Å². The van der Waals surface area contributed by atoms with Gasteiger partial charge >= 0.3 is 5.97 Å². The van der Waals surface area contributed by atoms with Crippen LogP contribution in [0.2, 0.25) is 0 Å². The largest absolute Gasteiger partial charge is 0.465 e. The van der Waals surface area contributed by atoms with E-state index in [1.165, 1.54) is 37.6 Å². The third-order valence-corrected chi connectivity index (χ3v) is 2.51. The molecule has 0 saturated heterocycles. The quantitative estimate of drug-likeness (QED) is 0.796. The highest BCUT2D eigenvalue weighted by molar-refractivity contribution is 5.89. The lowest BCUT2D eigenvalue weighted by atomic mass is 10.2. The summed E-state index contributed by atoms with van der Waals surface area (Å²) < 4.78 is 23.2. The molecule has 0 unspecified atom stereocenters. The number of pyridine rings is 1. The minimum absolute atomic E-state index is 0.244. The van der Waals surface area contributed by atoms with Crippen molar-refractivity contribution in [1.82, 2.24) is 4.98 Å². The van der Waals surface area contributed by atoms with E-state index in [2.05, 4.69) is 9.72 Å². The SMILES string of the molecule is COC(=O)c1ccnc(Oc2ccc(F)c(C)c2)c1. The van der Waals surface area contributed by atoms with Gasteiger partial charge in [-0.05, 0) is 36.8 Å². The number of hydrogen-bond donors (Lipinski definition) is 0. The predicted molar refractivity (Wildman–Crippen MR) is 66.8 cm³/mol. The van der Waals surface area contributed by atoms with Crippen LogP contribution in [0.15, 0.2) is 36.5 Å². The number of nitrogens with zero attached hydrogens (tertiary/aromatic N) is 1. The number of methoxy groups -OCH3 is 1. The number of ether oxygens (including phenoxy) is 2. The number of carbonyl (C=O) groups is 1. The predicted octanol–water partition coefficient (Wildman–Crippen LogP) is 3.11. The van der Waals surface area contributed by atoms with Gasteiger partial charge in [0.2, 0.25) is 5.88 Å². The Labute approximate surface area is 109 Å². The third-order valence-electron chi connectivity index (χ3n) is 2.51. The first-order valence-electron chi connectivity index (χ1n) is 5.58. The number of aryl methyl sites for hydroxylation is 1. The second-order valence-electron chi connectivity index (χ2n) is 3.89. The Hall–Kier alpha value is -2.43. The molecule has 2 rings (SSSR count). The van der Waals surface area contributed by atoms with Crippen molar-refractivity contribution in [3.8, 4) is 11.6 Å². The lowest BCUT2D eigenvalue weighted by Crippen LogP contribution is -2.01. The summed E-state index contributed by atoms with van der Waals surface area (Å²) in [5, 5.41) is 0. The van der Waals surface area contributed by atoms with E-state index in [1.54, 1.807) is 13.0 Å². The Morgan fingerprint density at radius 3 is 2.74 bits per heavy atom. The van der Waals surface area contributed by atoms with Gasteiger partial charge in [-0.2, -0.15) is 0 Å². The molecule has 0 N–H and O–H groups in total. The van der Waals surface area contributed by atoms with Crippen molar-refractivity contribution in [3.63, 3.8) is 0 Å². The standard InChI is InChI=1S/C14H12FNO3/c1-9-7-11(3-4-12(9)15)19-13-8-10(5-6-16-13)14(17)18-2/h3-8H,1-2H3. The van der Waals surface area contributed by atoms with Crippen molar-refractivity contribution >= 4 is 5.97 Å². The molecule has 0 aliphatic carbocycles. The zero-order valence-electron chi connectivity index (χ0n) is 10.5. The van der Waals surface area contributed by atoms with Gasteiger partial charge in [0, 0.05) is 12.3 Å². The molecule has 0 spiro atoms. The first-order chi connectivity index (χ1) is 9.10. The fraction of sp³-hybridized carbons (Fsp3) is 0.143. The molecule has 0 saturated carbocycles. The Morgan fingerprint density at radius 2 is 2.05 bits per heavy atom. The molecule has 0 amide bonds. The van der Waals surface area contributed by atoms with Crippen LogP contribution >= 0.6 is 0 Å². The number of hydrogen-bond acceptors (Lipinski definition) is 4. The first kappa shape index (κ1) is 13.0. The maximum absolute atomic E-state index is 13.1. The van der Waals surface area contributed by atoms with E-state index in [9.17, 15) is 9.18 Å². The van der Waals surface area contributed by atoms with Crippen molar-refractivity contribution < 1.29 is 18.7 Å². The zero-order valence-corrected chi connectivity index (χ0v) is 10.5. The minimum Gasteiger partial charge on any atom is -0.465 e. The molecule has 19 heavy (non-hydrogen) atoms. The number of benzene rings is 1. The highest BCUT2D eigenvalue weighted by Crippen LogP contribution is 2.22. The average molecular weight is 261 g/mol. The Morgan fingerprint density at radius 1 is 1.26 bits per heavy atom. The summed E-state index contributed by atoms with van der Waals surface area (Å²) in [5.74, 6) is -0.0755. The van der Waals surface area contributed by atoms with E-state index in [0.29, 0.717) is 16.9 Å². The third kappa shape index (κ3) is 3.07. The van der Waals surface area contributed by atoms with Crippen LogP contribution in [-0.2, 0) is 4.74 Å². The van der Waals surface area contributed by atoms with E-state index >= 15 is 0 Å². The average Bonchev–Trinajstić information content (AvgIpc) is 2.42. The number of carbonyl (C=O) groups excluding carboxylic acids is 1. The molecule has 98 valence electrons. The van der Waals surface area contributed by atoms with Gasteiger partial charge in [0.05, 0.1) is 12.7 Å². The van der Waals surface area contributed by atoms with Crippen molar-refractivity contribution in [2.24, 2.45) is 0 Å². The smallest absolute Gasteiger partial charge is 0.338 e. The van der Waals surface area contributed by atoms with Crippen LogP contribution in [0, 0.1) is 12.7 Å². The van der Waals surface area contributed by atoms with Gasteiger partial charge in [-0.1, -0.05) is 0 Å². The molecule has 0 radical (unpaired) electrons. The van der Waals surface area contributed by atoms with Crippen LogP contribution in [-0.4, -0.2) is 18.1 Å². The van der Waals surface area contributed by atoms with E-state index < -0.39 is 5.97 Å². The van der Waals surface area contributed by atoms with Crippen LogP contribution in [0.1, 0.15) is 15.9 Å². The second kappa shape index (κ2) is 5.48. The highest BCUT2D eigenvalue weighted by Gasteiger charge is 2.08. The van der Waals surface area contributed by atoms with E-state index in [4.69, 9.17) is 4.74 Å². The van der Waals surface area contributed by atoms with Crippen LogP contribution in [0.5, 0.6) is 11.6 Å². The van der Waals surface area contributed by atoms with Crippen molar-refractivity contribution in [1.29, 1.82) is 0 Å². The fourth-order valence-corrected chi connectivity index (χ4v) is 1.51. The molecule has 1 aromatic carbocycles. The molecule has 4 nitrogen and oxygen atoms in total. The topological polar surface area (TPSA) is 48.4 Å². The fourth-order valence-electron chi connectivity index (χ4n) is 1.51. The van der Waals surface area contributed by atoms with Gasteiger partial charge in [-0.25, -0.2) is 14.2 Å². The summed E-state index contributed by atoms with van der Waals surface area (Å²) in [6.45, 7) is 1.64. The van der Waals surface area contributed by atoms with Gasteiger partial charge < -0.3 is 9.47 Å². The van der Waals surface area contributed by atoms with Crippen molar-refractivity contribution in [2.75, 3.05) is 7.11 Å². The summed E-state index contributed by atoms with van der Waals surface area (Å²) >= 11 is 0. The van der Waals surface area contributed by atoms with E-state index in [1.807, 2.05) is 0 Å². The van der Waals surface area contributed by atoms with Crippen LogP contribution in [0.4, 0.5) is 4.39 Å². The number of halogens is 1. The van der Waals surface area contributed by atoms with Crippen LogP contribution < -0.4 is 4.74 Å². The van der Waals surface area contributed by atoms with Gasteiger partial charge in [0.25, 0.3) is 0 Å². The molecule has 1 aromatic heterocycles. The molecule has 0 aliphatic rings. The van der Waals surface area contributed by atoms with Gasteiger partial charge in [-0.15, -0.1) is 0 Å². The van der Waals surface area contributed by atoms with Gasteiger partial charge in [0.1, 0.15) is 11.6 Å². The molecular formula is C14H12FNO3. The summed E-state index contributed by atoms with van der Waals surface area (Å²) in [6.07, 6.45) is 1.44. The molecule has 1 heterocycles. The molecule has 0 bridgehead atoms. The molecule has 0 fully saturated rings. The van der Waals surface area contributed by atoms with Crippen molar-refractivity contribution in [2.45, 2.75) is 6.92 Å². The number of rotatable bonds is 3. The van der Waals surface area contributed by atoms with Crippen LogP contribution in [0.25, 0.3) is 0 Å². The maximum Gasteiger partial charge on any atom is 0.338 e. The molecule has 5 heteroatoms. The molecule has 2 aromatic rings. The number of esters is 1. The normalized spacial score (nSPS) is 10.1. The summed E-state index contributed by atoms with van der Waals surface area (Å²) in [5.41, 5.74) is 0.813. The lowest BCUT2D eigenvalue weighted by Gasteiger charge is -2.07. The molecule has 0 aliphatic heterocycles. The lowest BCUT2D eigenvalue weighted by molar-refractivity contribution is 0.0600. The minimum atomic E-state index is -0.470. The maximum atomic E-state index is 13.1. The highest BCUT2D eigenvalue weighted by atomic mass is 19.1. The zero-order chi connectivity index (χ0) is 13.8. The molecule has 0 atom stereocenters. The van der Waals surface area contributed by atoms with E-state index in [0.717, 1.165) is 0 Å². The molecular weight excluding hydrogens is 249 g/mol. The van der Waals surface area contributed by atoms with E-state index in [-0.39, 0.29) is 11.7 Å². The van der Waals surface area contributed by atoms with Gasteiger partial charge in [0.15, 0.2) is 0 Å². The summed E-state index contributed by atoms with van der Waals surface area (Å²) in [7, 11) is 1.30. The second-order valence-corrected chi connectivity index (χ2v) is 3.89.